The lowest BCUT2D eigenvalue weighted by Gasteiger charge is -2.11. The second-order valence-electron chi connectivity index (χ2n) is 6.12. The van der Waals surface area contributed by atoms with Gasteiger partial charge in [0.1, 0.15) is 11.5 Å². The maximum atomic E-state index is 10.1. The van der Waals surface area contributed by atoms with Crippen LogP contribution in [0.2, 0.25) is 0 Å². The van der Waals surface area contributed by atoms with E-state index < -0.39 is 12.2 Å². The van der Waals surface area contributed by atoms with E-state index >= 15 is 0 Å². The summed E-state index contributed by atoms with van der Waals surface area (Å²) in [6.07, 6.45) is -1.01. The minimum absolute atomic E-state index is 0. The van der Waals surface area contributed by atoms with Crippen molar-refractivity contribution in [2.24, 2.45) is 0 Å². The van der Waals surface area contributed by atoms with Crippen LogP contribution in [0, 0.1) is 0 Å². The van der Waals surface area contributed by atoms with Gasteiger partial charge in [-0.05, 0) is 30.2 Å². The molecule has 1 aromatic heterocycles. The van der Waals surface area contributed by atoms with Gasteiger partial charge in [0.2, 0.25) is 0 Å². The van der Waals surface area contributed by atoms with Crippen molar-refractivity contribution in [2.75, 3.05) is 6.54 Å². The Labute approximate surface area is 159 Å². The topological polar surface area (TPSA) is 65.6 Å². The van der Waals surface area contributed by atoms with Crippen LogP contribution in [0.25, 0.3) is 11.3 Å². The van der Waals surface area contributed by atoms with Crippen molar-refractivity contribution in [1.82, 2.24) is 5.32 Å². The Balaban J connectivity index is 0.00000243. The number of nitrogens with one attached hydrogen (secondary N) is 1. The number of benzene rings is 2. The van der Waals surface area contributed by atoms with E-state index in [2.05, 4.69) is 5.32 Å². The van der Waals surface area contributed by atoms with Crippen LogP contribution in [0.1, 0.15) is 36.0 Å². The zero-order chi connectivity index (χ0) is 17.6. The molecule has 2 unspecified atom stereocenters. The van der Waals surface area contributed by atoms with E-state index in [1.54, 1.807) is 6.92 Å². The molecule has 3 rings (SSSR count). The summed E-state index contributed by atoms with van der Waals surface area (Å²) in [5.41, 5.74) is 2.75. The van der Waals surface area contributed by atoms with Crippen LogP contribution < -0.4 is 5.32 Å². The molecule has 0 fully saturated rings. The van der Waals surface area contributed by atoms with Crippen LogP contribution >= 0.6 is 12.4 Å². The predicted octanol–water partition coefficient (Wildman–Crippen LogP) is 4.24. The second kappa shape index (κ2) is 9.55. The predicted molar refractivity (Wildman–Crippen MR) is 105 cm³/mol. The first kappa shape index (κ1) is 20.2. The summed E-state index contributed by atoms with van der Waals surface area (Å²) in [4.78, 5) is 0. The molecule has 0 aliphatic carbocycles. The lowest BCUT2D eigenvalue weighted by molar-refractivity contribution is 0.173. The highest BCUT2D eigenvalue weighted by Crippen LogP contribution is 2.24. The zero-order valence-electron chi connectivity index (χ0n) is 14.6. The molecule has 2 aromatic carbocycles. The Morgan fingerprint density at radius 3 is 2.23 bits per heavy atom. The molecule has 4 nitrogen and oxygen atoms in total. The highest BCUT2D eigenvalue weighted by atomic mass is 35.5. The fraction of sp³-hybridized carbons (Fsp3) is 0.238. The van der Waals surface area contributed by atoms with Gasteiger partial charge in [0, 0.05) is 12.1 Å². The number of aliphatic hydroxyl groups excluding tert-OH is 2. The van der Waals surface area contributed by atoms with E-state index in [0.717, 1.165) is 28.2 Å². The minimum atomic E-state index is -0.538. The molecule has 3 aromatic rings. The molecule has 1 heterocycles. The first-order chi connectivity index (χ1) is 12.1. The number of rotatable bonds is 7. The lowest BCUT2D eigenvalue weighted by Crippen LogP contribution is -2.20. The third-order valence-electron chi connectivity index (χ3n) is 4.16. The van der Waals surface area contributed by atoms with Crippen LogP contribution in [-0.4, -0.2) is 16.8 Å². The standard InChI is InChI=1S/C21H23NO3.ClH/c1-15(23)16-7-9-18(10-8-16)21-12-11-19(25-21)13-22-14-20(24)17-5-3-2-4-6-17;/h2-12,15,20,22-24H,13-14H2,1H3;1H. The average Bonchev–Trinajstić information content (AvgIpc) is 3.11. The maximum absolute atomic E-state index is 10.1. The summed E-state index contributed by atoms with van der Waals surface area (Å²) >= 11 is 0. The van der Waals surface area contributed by atoms with Crippen LogP contribution in [0.5, 0.6) is 0 Å². The fourth-order valence-corrected chi connectivity index (χ4v) is 2.68. The monoisotopic (exact) mass is 373 g/mol. The summed E-state index contributed by atoms with van der Waals surface area (Å²) in [7, 11) is 0. The maximum Gasteiger partial charge on any atom is 0.134 e. The number of furan rings is 1. The molecule has 26 heavy (non-hydrogen) atoms. The van der Waals surface area contributed by atoms with Gasteiger partial charge in [0.15, 0.2) is 0 Å². The van der Waals surface area contributed by atoms with E-state index in [0.29, 0.717) is 13.1 Å². The van der Waals surface area contributed by atoms with E-state index in [1.807, 2.05) is 66.7 Å². The van der Waals surface area contributed by atoms with Crippen molar-refractivity contribution in [3.8, 4) is 11.3 Å². The van der Waals surface area contributed by atoms with Crippen molar-refractivity contribution in [3.63, 3.8) is 0 Å². The highest BCUT2D eigenvalue weighted by molar-refractivity contribution is 5.85. The average molecular weight is 374 g/mol. The SMILES string of the molecule is CC(O)c1ccc(-c2ccc(CNCC(O)c3ccccc3)o2)cc1.Cl. The zero-order valence-corrected chi connectivity index (χ0v) is 15.4. The van der Waals surface area contributed by atoms with E-state index in [9.17, 15) is 10.2 Å². The van der Waals surface area contributed by atoms with Gasteiger partial charge in [-0.15, -0.1) is 12.4 Å². The van der Waals surface area contributed by atoms with Crippen LogP contribution in [0.3, 0.4) is 0 Å². The molecule has 2 atom stereocenters. The van der Waals surface area contributed by atoms with Gasteiger partial charge >= 0.3 is 0 Å². The molecule has 138 valence electrons. The molecule has 3 N–H and O–H groups in total. The third-order valence-corrected chi connectivity index (χ3v) is 4.16. The molecule has 0 bridgehead atoms. The van der Waals surface area contributed by atoms with Crippen molar-refractivity contribution < 1.29 is 14.6 Å². The molecule has 0 saturated carbocycles. The first-order valence-corrected chi connectivity index (χ1v) is 8.44. The molecule has 0 radical (unpaired) electrons. The summed E-state index contributed by atoms with van der Waals surface area (Å²) in [5, 5.41) is 22.9. The highest BCUT2D eigenvalue weighted by Gasteiger charge is 2.09. The van der Waals surface area contributed by atoms with Gasteiger partial charge in [-0.2, -0.15) is 0 Å². The van der Waals surface area contributed by atoms with Gasteiger partial charge in [0.05, 0.1) is 18.8 Å². The van der Waals surface area contributed by atoms with Gasteiger partial charge in [0.25, 0.3) is 0 Å². The minimum Gasteiger partial charge on any atom is -0.460 e. The summed E-state index contributed by atoms with van der Waals surface area (Å²) in [6, 6.07) is 21.1. The van der Waals surface area contributed by atoms with E-state index in [-0.39, 0.29) is 12.4 Å². The number of hydrogen-bond donors (Lipinski definition) is 3. The molecule has 0 aliphatic heterocycles. The van der Waals surface area contributed by atoms with Crippen molar-refractivity contribution >= 4 is 12.4 Å². The Morgan fingerprint density at radius 2 is 1.58 bits per heavy atom. The number of aliphatic hydroxyl groups is 2. The summed E-state index contributed by atoms with van der Waals surface area (Å²) < 4.78 is 5.85. The molecule has 5 heteroatoms. The molecule has 0 amide bonds. The van der Waals surface area contributed by atoms with Crippen molar-refractivity contribution in [3.05, 3.63) is 83.6 Å². The Hall–Kier alpha value is -2.11. The molecular formula is C21H24ClNO3. The Kier molecular flexibility index (Phi) is 7.42. The number of hydrogen-bond acceptors (Lipinski definition) is 4. The molecule has 0 spiro atoms. The molecule has 0 saturated heterocycles. The second-order valence-corrected chi connectivity index (χ2v) is 6.12. The van der Waals surface area contributed by atoms with Crippen LogP contribution in [-0.2, 0) is 6.54 Å². The van der Waals surface area contributed by atoms with Crippen LogP contribution in [0.15, 0.2) is 71.1 Å². The molecular weight excluding hydrogens is 350 g/mol. The third kappa shape index (κ3) is 5.19. The van der Waals surface area contributed by atoms with Gasteiger partial charge < -0.3 is 19.9 Å². The molecule has 0 aliphatic rings. The number of halogens is 1. The fourth-order valence-electron chi connectivity index (χ4n) is 2.68. The van der Waals surface area contributed by atoms with Crippen molar-refractivity contribution in [2.45, 2.75) is 25.7 Å². The van der Waals surface area contributed by atoms with Crippen molar-refractivity contribution in [1.29, 1.82) is 0 Å². The summed E-state index contributed by atoms with van der Waals surface area (Å²) in [5.74, 6) is 1.60. The Morgan fingerprint density at radius 1 is 0.885 bits per heavy atom. The van der Waals surface area contributed by atoms with Gasteiger partial charge in [-0.25, -0.2) is 0 Å². The lowest BCUT2D eigenvalue weighted by atomic mass is 10.1. The van der Waals surface area contributed by atoms with Gasteiger partial charge in [-0.3, -0.25) is 0 Å². The first-order valence-electron chi connectivity index (χ1n) is 8.44. The van der Waals surface area contributed by atoms with Crippen LogP contribution in [0.4, 0.5) is 0 Å². The largest absolute Gasteiger partial charge is 0.460 e. The van der Waals surface area contributed by atoms with E-state index in [1.165, 1.54) is 0 Å². The Bertz CT molecular complexity index is 785. The smallest absolute Gasteiger partial charge is 0.134 e. The van der Waals surface area contributed by atoms with E-state index in [4.69, 9.17) is 4.42 Å². The summed E-state index contributed by atoms with van der Waals surface area (Å²) in [6.45, 7) is 2.76. The van der Waals surface area contributed by atoms with Gasteiger partial charge in [-0.1, -0.05) is 54.6 Å². The quantitative estimate of drug-likeness (QED) is 0.579. The normalized spacial score (nSPS) is 13.0.